The summed E-state index contributed by atoms with van der Waals surface area (Å²) in [6.45, 7) is 1.84. The average Bonchev–Trinajstić information content (AvgIpc) is 2.42. The highest BCUT2D eigenvalue weighted by Gasteiger charge is 2.20. The lowest BCUT2D eigenvalue weighted by atomic mass is 10.2. The number of rotatable bonds is 4. The lowest BCUT2D eigenvalue weighted by Gasteiger charge is -2.22. The van der Waals surface area contributed by atoms with Gasteiger partial charge in [-0.1, -0.05) is 12.1 Å². The Morgan fingerprint density at radius 2 is 2.21 bits per heavy atom. The molecule has 19 heavy (non-hydrogen) atoms. The second kappa shape index (κ2) is 8.43. The van der Waals surface area contributed by atoms with Gasteiger partial charge in [0.05, 0.1) is 13.2 Å². The zero-order valence-electron chi connectivity index (χ0n) is 10.8. The first-order valence-electron chi connectivity index (χ1n) is 5.99. The minimum atomic E-state index is -0.246. The molecule has 2 N–H and O–H groups in total. The molecule has 1 unspecified atom stereocenters. The molecule has 0 aliphatic carbocycles. The Bertz CT molecular complexity index is 394. The molecule has 2 rings (SSSR count). The monoisotopic (exact) mass is 302 g/mol. The van der Waals surface area contributed by atoms with Crippen LogP contribution in [-0.4, -0.2) is 38.0 Å². The quantitative estimate of drug-likeness (QED) is 0.892. The van der Waals surface area contributed by atoms with Crippen LogP contribution in [0.2, 0.25) is 0 Å². The van der Waals surface area contributed by atoms with Crippen molar-refractivity contribution in [3.63, 3.8) is 0 Å². The van der Waals surface area contributed by atoms with Gasteiger partial charge in [0, 0.05) is 18.0 Å². The fraction of sp³-hybridized carbons (Fsp3) is 0.462. The molecule has 0 bridgehead atoms. The van der Waals surface area contributed by atoms with E-state index in [0.29, 0.717) is 13.2 Å². The maximum absolute atomic E-state index is 11.9. The van der Waals surface area contributed by atoms with Crippen LogP contribution >= 0.6 is 24.2 Å². The van der Waals surface area contributed by atoms with E-state index in [1.807, 2.05) is 24.3 Å². The largest absolute Gasteiger partial charge is 0.378 e. The van der Waals surface area contributed by atoms with E-state index in [1.165, 1.54) is 5.56 Å². The van der Waals surface area contributed by atoms with E-state index in [0.717, 1.165) is 18.0 Å². The zero-order chi connectivity index (χ0) is 12.8. The second-order valence-corrected chi connectivity index (χ2v) is 5.07. The van der Waals surface area contributed by atoms with Crippen molar-refractivity contribution in [1.82, 2.24) is 5.32 Å². The summed E-state index contributed by atoms with van der Waals surface area (Å²) in [6.07, 6.45) is 2.07. The van der Waals surface area contributed by atoms with Crippen LogP contribution in [0.25, 0.3) is 0 Å². The first kappa shape index (κ1) is 16.3. The molecule has 0 spiro atoms. The normalized spacial score (nSPS) is 18.5. The van der Waals surface area contributed by atoms with Gasteiger partial charge in [-0.3, -0.25) is 4.79 Å². The zero-order valence-corrected chi connectivity index (χ0v) is 12.5. The number of thioether (sulfide) groups is 1. The molecule has 1 saturated heterocycles. The van der Waals surface area contributed by atoms with Crippen molar-refractivity contribution >= 4 is 35.8 Å². The van der Waals surface area contributed by atoms with Gasteiger partial charge < -0.3 is 15.4 Å². The predicted molar refractivity (Wildman–Crippen MR) is 82.1 cm³/mol. The molecule has 1 fully saturated rings. The summed E-state index contributed by atoms with van der Waals surface area (Å²) < 4.78 is 5.27. The highest BCUT2D eigenvalue weighted by atomic mass is 35.5. The molecule has 1 amide bonds. The van der Waals surface area contributed by atoms with Crippen molar-refractivity contribution in [3.8, 4) is 0 Å². The van der Waals surface area contributed by atoms with E-state index in [-0.39, 0.29) is 24.4 Å². The molecule has 1 aliphatic rings. The third kappa shape index (κ3) is 5.03. The fourth-order valence-electron chi connectivity index (χ4n) is 1.81. The van der Waals surface area contributed by atoms with Gasteiger partial charge in [0.2, 0.25) is 5.91 Å². The van der Waals surface area contributed by atoms with Crippen LogP contribution in [0.4, 0.5) is 5.69 Å². The number of carbonyl (C=O) groups is 1. The summed E-state index contributed by atoms with van der Waals surface area (Å²) in [5.41, 5.74) is 2.09. The molecule has 106 valence electrons. The standard InChI is InChI=1S/C13H18N2O2S.ClH/c1-18-9-10-2-4-11(5-3-10)15-13(16)12-8-17-7-6-14-12;/h2-5,12,14H,6-9H2,1H3,(H,15,16);1H. The molecule has 1 aromatic rings. The first-order chi connectivity index (χ1) is 8.79. The molecular formula is C13H19ClN2O2S. The average molecular weight is 303 g/mol. The van der Waals surface area contributed by atoms with Crippen LogP contribution < -0.4 is 10.6 Å². The molecule has 1 heterocycles. The van der Waals surface area contributed by atoms with Crippen molar-refractivity contribution in [3.05, 3.63) is 29.8 Å². The summed E-state index contributed by atoms with van der Waals surface area (Å²) in [5, 5.41) is 6.02. The molecule has 1 atom stereocenters. The van der Waals surface area contributed by atoms with E-state index >= 15 is 0 Å². The van der Waals surface area contributed by atoms with Crippen molar-refractivity contribution in [2.75, 3.05) is 31.3 Å². The smallest absolute Gasteiger partial charge is 0.243 e. The minimum Gasteiger partial charge on any atom is -0.378 e. The number of hydrogen-bond donors (Lipinski definition) is 2. The summed E-state index contributed by atoms with van der Waals surface area (Å²) in [4.78, 5) is 11.9. The Balaban J connectivity index is 0.00000180. The topological polar surface area (TPSA) is 50.4 Å². The van der Waals surface area contributed by atoms with Crippen LogP contribution in [0.3, 0.4) is 0 Å². The van der Waals surface area contributed by atoms with Crippen LogP contribution in [0, 0.1) is 0 Å². The van der Waals surface area contributed by atoms with Crippen LogP contribution in [-0.2, 0) is 15.3 Å². The Labute approximate surface area is 124 Å². The van der Waals surface area contributed by atoms with Gasteiger partial charge in [-0.15, -0.1) is 12.4 Å². The van der Waals surface area contributed by atoms with E-state index in [4.69, 9.17) is 4.74 Å². The lowest BCUT2D eigenvalue weighted by molar-refractivity contribution is -0.120. The number of amides is 1. The van der Waals surface area contributed by atoms with Crippen molar-refractivity contribution < 1.29 is 9.53 Å². The maximum Gasteiger partial charge on any atom is 0.243 e. The third-order valence-corrected chi connectivity index (χ3v) is 3.39. The van der Waals surface area contributed by atoms with Crippen LogP contribution in [0.15, 0.2) is 24.3 Å². The van der Waals surface area contributed by atoms with E-state index in [2.05, 4.69) is 16.9 Å². The molecule has 6 heteroatoms. The van der Waals surface area contributed by atoms with Gasteiger partial charge in [0.15, 0.2) is 0 Å². The summed E-state index contributed by atoms with van der Waals surface area (Å²) in [6, 6.07) is 7.71. The fourth-order valence-corrected chi connectivity index (χ4v) is 2.34. The molecule has 1 aliphatic heterocycles. The van der Waals surface area contributed by atoms with Crippen LogP contribution in [0.1, 0.15) is 5.56 Å². The second-order valence-electron chi connectivity index (χ2n) is 4.20. The Morgan fingerprint density at radius 3 is 2.79 bits per heavy atom. The number of morpholine rings is 1. The van der Waals surface area contributed by atoms with Crippen molar-refractivity contribution in [2.24, 2.45) is 0 Å². The van der Waals surface area contributed by atoms with E-state index < -0.39 is 0 Å². The van der Waals surface area contributed by atoms with Gasteiger partial charge in [-0.25, -0.2) is 0 Å². The van der Waals surface area contributed by atoms with Gasteiger partial charge in [-0.05, 0) is 24.0 Å². The maximum atomic E-state index is 11.9. The highest BCUT2D eigenvalue weighted by molar-refractivity contribution is 7.97. The number of carbonyl (C=O) groups excluding carboxylic acids is 1. The molecular weight excluding hydrogens is 284 g/mol. The summed E-state index contributed by atoms with van der Waals surface area (Å²) in [7, 11) is 0. The lowest BCUT2D eigenvalue weighted by Crippen LogP contribution is -2.48. The van der Waals surface area contributed by atoms with Crippen LogP contribution in [0.5, 0.6) is 0 Å². The Hall–Kier alpha value is -0.750. The number of halogens is 1. The molecule has 1 aromatic carbocycles. The highest BCUT2D eigenvalue weighted by Crippen LogP contribution is 2.14. The molecule has 0 radical (unpaired) electrons. The number of nitrogens with one attached hydrogen (secondary N) is 2. The molecule has 4 nitrogen and oxygen atoms in total. The van der Waals surface area contributed by atoms with Gasteiger partial charge in [-0.2, -0.15) is 11.8 Å². The number of benzene rings is 1. The number of ether oxygens (including phenoxy) is 1. The van der Waals surface area contributed by atoms with E-state index in [1.54, 1.807) is 11.8 Å². The third-order valence-electron chi connectivity index (χ3n) is 2.77. The Morgan fingerprint density at radius 1 is 1.47 bits per heavy atom. The first-order valence-corrected chi connectivity index (χ1v) is 7.39. The molecule has 0 aromatic heterocycles. The SMILES string of the molecule is CSCc1ccc(NC(=O)C2COCCN2)cc1.Cl. The van der Waals surface area contributed by atoms with Gasteiger partial charge >= 0.3 is 0 Å². The van der Waals surface area contributed by atoms with Crippen molar-refractivity contribution in [1.29, 1.82) is 0 Å². The summed E-state index contributed by atoms with van der Waals surface area (Å²) in [5.74, 6) is 0.957. The number of hydrogen-bond acceptors (Lipinski definition) is 4. The van der Waals surface area contributed by atoms with E-state index in [9.17, 15) is 4.79 Å². The molecule has 0 saturated carbocycles. The minimum absolute atomic E-state index is 0. The predicted octanol–water partition coefficient (Wildman–Crippen LogP) is 1.90. The summed E-state index contributed by atoms with van der Waals surface area (Å²) >= 11 is 1.78. The number of anilines is 1. The van der Waals surface area contributed by atoms with Gasteiger partial charge in [0.1, 0.15) is 6.04 Å². The van der Waals surface area contributed by atoms with Crippen molar-refractivity contribution in [2.45, 2.75) is 11.8 Å². The Kier molecular flexibility index (Phi) is 7.23. The van der Waals surface area contributed by atoms with Gasteiger partial charge in [0.25, 0.3) is 0 Å².